The molecular weight excluding hydrogens is 363 g/mol. The fourth-order valence-corrected chi connectivity index (χ4v) is 2.06. The van der Waals surface area contributed by atoms with Gasteiger partial charge in [0.05, 0.1) is 5.02 Å². The highest BCUT2D eigenvalue weighted by Crippen LogP contribution is 2.24. The average molecular weight is 381 g/mol. The Morgan fingerprint density at radius 1 is 1.08 bits per heavy atom. The van der Waals surface area contributed by atoms with Gasteiger partial charge in [-0.2, -0.15) is 0 Å². The van der Waals surface area contributed by atoms with Crippen LogP contribution in [0.15, 0.2) is 42.5 Å². The van der Waals surface area contributed by atoms with Gasteiger partial charge in [0.25, 0.3) is 11.8 Å². The van der Waals surface area contributed by atoms with Gasteiger partial charge in [0.15, 0.2) is 13.2 Å². The number of anilines is 1. The highest BCUT2D eigenvalue weighted by atomic mass is 35.5. The lowest BCUT2D eigenvalue weighted by atomic mass is 10.3. The largest absolute Gasteiger partial charge is 0.484 e. The summed E-state index contributed by atoms with van der Waals surface area (Å²) in [6.45, 7) is -0.341. The van der Waals surface area contributed by atoms with Crippen LogP contribution in [-0.4, -0.2) is 44.0 Å². The van der Waals surface area contributed by atoms with Crippen LogP contribution in [0.4, 0.5) is 10.1 Å². The van der Waals surface area contributed by atoms with Crippen molar-refractivity contribution in [1.29, 1.82) is 0 Å². The molecule has 1 N–H and O–H groups in total. The molecule has 0 aliphatic rings. The maximum Gasteiger partial charge on any atom is 0.262 e. The van der Waals surface area contributed by atoms with Crippen molar-refractivity contribution >= 4 is 29.1 Å². The maximum absolute atomic E-state index is 13.0. The summed E-state index contributed by atoms with van der Waals surface area (Å²) in [7, 11) is 3.29. The fraction of sp³-hybridized carbons (Fsp3) is 0.222. The second-order valence-corrected chi connectivity index (χ2v) is 5.92. The van der Waals surface area contributed by atoms with Crippen molar-refractivity contribution in [2.45, 2.75) is 0 Å². The molecule has 0 saturated carbocycles. The monoisotopic (exact) mass is 380 g/mol. The Kier molecular flexibility index (Phi) is 6.80. The Morgan fingerprint density at radius 3 is 2.38 bits per heavy atom. The predicted molar refractivity (Wildman–Crippen MR) is 96.2 cm³/mol. The minimum Gasteiger partial charge on any atom is -0.484 e. The molecule has 0 saturated heterocycles. The van der Waals surface area contributed by atoms with Gasteiger partial charge in [-0.15, -0.1) is 0 Å². The number of hydrogen-bond donors (Lipinski definition) is 1. The standard InChI is InChI=1S/C18H18ClFN2O4/c1-22(2)18(24)11-25-14-6-4-13(5-7-14)21-17(23)10-26-16-8-3-12(20)9-15(16)19/h3-9H,10-11H2,1-2H3,(H,21,23). The van der Waals surface area contributed by atoms with E-state index in [1.807, 2.05) is 0 Å². The lowest BCUT2D eigenvalue weighted by Crippen LogP contribution is -2.27. The number of rotatable bonds is 7. The molecule has 0 radical (unpaired) electrons. The Bertz CT molecular complexity index is 781. The summed E-state index contributed by atoms with van der Waals surface area (Å²) in [5.74, 6) is -0.313. The van der Waals surface area contributed by atoms with E-state index in [0.29, 0.717) is 11.4 Å². The molecule has 0 unspecified atom stereocenters. The van der Waals surface area contributed by atoms with E-state index in [-0.39, 0.29) is 29.9 Å². The third-order valence-corrected chi connectivity index (χ3v) is 3.55. The van der Waals surface area contributed by atoms with Crippen LogP contribution < -0.4 is 14.8 Å². The molecule has 0 heterocycles. The highest BCUT2D eigenvalue weighted by Gasteiger charge is 2.08. The average Bonchev–Trinajstić information content (AvgIpc) is 2.60. The van der Waals surface area contributed by atoms with Gasteiger partial charge < -0.3 is 19.7 Å². The third kappa shape index (κ3) is 5.93. The van der Waals surface area contributed by atoms with Gasteiger partial charge in [0, 0.05) is 19.8 Å². The topological polar surface area (TPSA) is 67.9 Å². The lowest BCUT2D eigenvalue weighted by Gasteiger charge is -2.12. The maximum atomic E-state index is 13.0. The molecule has 2 aromatic carbocycles. The van der Waals surface area contributed by atoms with Crippen molar-refractivity contribution < 1.29 is 23.5 Å². The molecule has 2 aromatic rings. The second-order valence-electron chi connectivity index (χ2n) is 5.51. The second kappa shape index (κ2) is 9.05. The van der Waals surface area contributed by atoms with E-state index in [1.165, 1.54) is 17.0 Å². The molecule has 0 fully saturated rings. The summed E-state index contributed by atoms with van der Waals surface area (Å²) in [6, 6.07) is 10.2. The molecule has 2 rings (SSSR count). The van der Waals surface area contributed by atoms with Crippen LogP contribution in [0.3, 0.4) is 0 Å². The lowest BCUT2D eigenvalue weighted by molar-refractivity contribution is -0.130. The normalized spacial score (nSPS) is 10.2. The van der Waals surface area contributed by atoms with Gasteiger partial charge in [-0.05, 0) is 42.5 Å². The first-order valence-corrected chi connectivity index (χ1v) is 8.03. The van der Waals surface area contributed by atoms with Crippen LogP contribution in [0, 0.1) is 5.82 Å². The van der Waals surface area contributed by atoms with Crippen LogP contribution in [0.25, 0.3) is 0 Å². The van der Waals surface area contributed by atoms with Crippen LogP contribution in [0.5, 0.6) is 11.5 Å². The van der Waals surface area contributed by atoms with Gasteiger partial charge in [-0.1, -0.05) is 11.6 Å². The molecule has 8 heteroatoms. The fourth-order valence-electron chi connectivity index (χ4n) is 1.84. The van der Waals surface area contributed by atoms with E-state index in [1.54, 1.807) is 38.4 Å². The number of carbonyl (C=O) groups excluding carboxylic acids is 2. The van der Waals surface area contributed by atoms with Gasteiger partial charge in [-0.25, -0.2) is 4.39 Å². The highest BCUT2D eigenvalue weighted by molar-refractivity contribution is 6.32. The van der Waals surface area contributed by atoms with E-state index in [2.05, 4.69) is 5.32 Å². The SMILES string of the molecule is CN(C)C(=O)COc1ccc(NC(=O)COc2ccc(F)cc2Cl)cc1. The zero-order valence-electron chi connectivity index (χ0n) is 14.3. The van der Waals surface area contributed by atoms with E-state index < -0.39 is 11.7 Å². The number of nitrogens with one attached hydrogen (secondary N) is 1. The van der Waals surface area contributed by atoms with Gasteiger partial charge in [-0.3, -0.25) is 9.59 Å². The zero-order valence-corrected chi connectivity index (χ0v) is 15.0. The van der Waals surface area contributed by atoms with Crippen molar-refractivity contribution in [2.75, 3.05) is 32.6 Å². The van der Waals surface area contributed by atoms with Crippen LogP contribution in [-0.2, 0) is 9.59 Å². The molecule has 138 valence electrons. The van der Waals surface area contributed by atoms with E-state index in [0.717, 1.165) is 6.07 Å². The molecule has 0 aromatic heterocycles. The number of amides is 2. The number of carbonyl (C=O) groups is 2. The van der Waals surface area contributed by atoms with E-state index >= 15 is 0 Å². The Balaban J connectivity index is 1.82. The zero-order chi connectivity index (χ0) is 19.1. The minimum absolute atomic E-state index is 0.0645. The molecular formula is C18H18ClFN2O4. The Morgan fingerprint density at radius 2 is 1.77 bits per heavy atom. The summed E-state index contributed by atoms with van der Waals surface area (Å²) < 4.78 is 23.6. The molecule has 2 amide bonds. The van der Waals surface area contributed by atoms with Crippen molar-refractivity contribution in [3.63, 3.8) is 0 Å². The first-order valence-electron chi connectivity index (χ1n) is 7.66. The predicted octanol–water partition coefficient (Wildman–Crippen LogP) is 2.96. The summed E-state index contributed by atoms with van der Waals surface area (Å²) in [6.07, 6.45) is 0. The number of hydrogen-bond acceptors (Lipinski definition) is 4. The Labute approximate surface area is 155 Å². The van der Waals surface area contributed by atoms with Gasteiger partial charge >= 0.3 is 0 Å². The number of likely N-dealkylation sites (N-methyl/N-ethyl adjacent to an activating group) is 1. The molecule has 26 heavy (non-hydrogen) atoms. The minimum atomic E-state index is -0.485. The van der Waals surface area contributed by atoms with Gasteiger partial charge in [0.1, 0.15) is 17.3 Å². The van der Waals surface area contributed by atoms with Crippen molar-refractivity contribution in [3.05, 3.63) is 53.3 Å². The quantitative estimate of drug-likeness (QED) is 0.802. The molecule has 0 aliphatic carbocycles. The third-order valence-electron chi connectivity index (χ3n) is 3.25. The van der Waals surface area contributed by atoms with Crippen molar-refractivity contribution in [1.82, 2.24) is 4.90 Å². The molecule has 0 spiro atoms. The van der Waals surface area contributed by atoms with Crippen LogP contribution >= 0.6 is 11.6 Å². The smallest absolute Gasteiger partial charge is 0.262 e. The number of halogens is 2. The van der Waals surface area contributed by atoms with E-state index in [4.69, 9.17) is 21.1 Å². The Hall–Kier alpha value is -2.80. The van der Waals surface area contributed by atoms with Crippen molar-refractivity contribution in [3.8, 4) is 11.5 Å². The first kappa shape index (κ1) is 19.5. The molecule has 6 nitrogen and oxygen atoms in total. The number of nitrogens with zero attached hydrogens (tertiary/aromatic N) is 1. The summed E-state index contributed by atoms with van der Waals surface area (Å²) in [5.41, 5.74) is 0.537. The molecule has 0 bridgehead atoms. The number of benzene rings is 2. The van der Waals surface area contributed by atoms with Crippen LogP contribution in [0.2, 0.25) is 5.02 Å². The molecule has 0 atom stereocenters. The van der Waals surface area contributed by atoms with E-state index in [9.17, 15) is 14.0 Å². The summed E-state index contributed by atoms with van der Waals surface area (Å²) in [4.78, 5) is 24.8. The molecule has 0 aliphatic heterocycles. The van der Waals surface area contributed by atoms with Crippen LogP contribution in [0.1, 0.15) is 0 Å². The number of ether oxygens (including phenoxy) is 2. The summed E-state index contributed by atoms with van der Waals surface area (Å²) >= 11 is 5.82. The first-order chi connectivity index (χ1) is 12.3. The van der Waals surface area contributed by atoms with Crippen molar-refractivity contribution in [2.24, 2.45) is 0 Å². The van der Waals surface area contributed by atoms with Gasteiger partial charge in [0.2, 0.25) is 0 Å². The summed E-state index contributed by atoms with van der Waals surface area (Å²) in [5, 5.41) is 2.73.